The lowest BCUT2D eigenvalue weighted by Crippen LogP contribution is -1.96. The van der Waals surface area contributed by atoms with Crippen LogP contribution >= 0.6 is 15.9 Å². The highest BCUT2D eigenvalue weighted by molar-refractivity contribution is 9.09. The van der Waals surface area contributed by atoms with Gasteiger partial charge in [0, 0.05) is 4.83 Å². The van der Waals surface area contributed by atoms with Crippen LogP contribution in [0.5, 0.6) is 0 Å². The van der Waals surface area contributed by atoms with Gasteiger partial charge < -0.3 is 0 Å². The lowest BCUT2D eigenvalue weighted by atomic mass is 9.98. The van der Waals surface area contributed by atoms with Crippen LogP contribution in [0.15, 0.2) is 18.2 Å². The molecule has 0 amide bonds. The van der Waals surface area contributed by atoms with Crippen molar-refractivity contribution in [3.63, 3.8) is 0 Å². The Morgan fingerprint density at radius 3 is 2.29 bits per heavy atom. The first-order valence-electron chi connectivity index (χ1n) is 5.30. The van der Waals surface area contributed by atoms with Crippen LogP contribution in [0.1, 0.15) is 36.5 Å². The molecule has 0 aromatic heterocycles. The van der Waals surface area contributed by atoms with E-state index in [2.05, 4.69) is 54.9 Å². The molecule has 0 saturated carbocycles. The van der Waals surface area contributed by atoms with E-state index in [9.17, 15) is 0 Å². The normalized spacial score (nSPS) is 12.9. The van der Waals surface area contributed by atoms with E-state index in [4.69, 9.17) is 0 Å². The third kappa shape index (κ3) is 3.45. The SMILES string of the molecule is Cc1cccc(C)c1CCCC(C)Br. The number of alkyl halides is 1. The standard InChI is InChI=1S/C13H19Br/c1-10-6-4-7-11(2)13(10)9-5-8-12(3)14/h4,6-7,12H,5,8-9H2,1-3H3. The van der Waals surface area contributed by atoms with Crippen LogP contribution < -0.4 is 0 Å². The summed E-state index contributed by atoms with van der Waals surface area (Å²) in [5.74, 6) is 0. The maximum atomic E-state index is 3.58. The second-order valence-electron chi connectivity index (χ2n) is 4.04. The van der Waals surface area contributed by atoms with Gasteiger partial charge in [-0.25, -0.2) is 0 Å². The van der Waals surface area contributed by atoms with E-state index in [1.165, 1.54) is 30.4 Å². The minimum Gasteiger partial charge on any atom is -0.0894 e. The number of hydrogen-bond acceptors (Lipinski definition) is 0. The van der Waals surface area contributed by atoms with Crippen LogP contribution in [-0.2, 0) is 6.42 Å². The highest BCUT2D eigenvalue weighted by Gasteiger charge is 2.02. The summed E-state index contributed by atoms with van der Waals surface area (Å²) in [7, 11) is 0. The molecule has 78 valence electrons. The molecule has 0 fully saturated rings. The molecular weight excluding hydrogens is 236 g/mol. The van der Waals surface area contributed by atoms with E-state index in [-0.39, 0.29) is 0 Å². The largest absolute Gasteiger partial charge is 0.0894 e. The molecule has 0 aliphatic rings. The molecular formula is C13H19Br. The molecule has 0 saturated heterocycles. The lowest BCUT2D eigenvalue weighted by Gasteiger charge is -2.09. The van der Waals surface area contributed by atoms with Gasteiger partial charge in [0.05, 0.1) is 0 Å². The maximum Gasteiger partial charge on any atom is 0.0117 e. The van der Waals surface area contributed by atoms with Crippen molar-refractivity contribution in [1.29, 1.82) is 0 Å². The Balaban J connectivity index is 2.58. The Morgan fingerprint density at radius 2 is 1.79 bits per heavy atom. The zero-order valence-corrected chi connectivity index (χ0v) is 10.9. The van der Waals surface area contributed by atoms with Crippen molar-refractivity contribution in [2.75, 3.05) is 0 Å². The molecule has 0 radical (unpaired) electrons. The van der Waals surface area contributed by atoms with Gasteiger partial charge in [0.2, 0.25) is 0 Å². The first-order chi connectivity index (χ1) is 6.61. The molecule has 1 atom stereocenters. The Morgan fingerprint density at radius 1 is 1.21 bits per heavy atom. The summed E-state index contributed by atoms with van der Waals surface area (Å²) in [6, 6.07) is 6.56. The van der Waals surface area contributed by atoms with Gasteiger partial charge in [0.15, 0.2) is 0 Å². The van der Waals surface area contributed by atoms with Crippen LogP contribution in [0.2, 0.25) is 0 Å². The third-order valence-electron chi connectivity index (χ3n) is 2.67. The van der Waals surface area contributed by atoms with E-state index in [0.29, 0.717) is 4.83 Å². The summed E-state index contributed by atoms with van der Waals surface area (Å²) in [5, 5.41) is 0. The van der Waals surface area contributed by atoms with Crippen LogP contribution in [0, 0.1) is 13.8 Å². The Kier molecular flexibility index (Phi) is 4.67. The highest BCUT2D eigenvalue weighted by Crippen LogP contribution is 2.17. The van der Waals surface area contributed by atoms with Gasteiger partial charge in [-0.1, -0.05) is 41.1 Å². The van der Waals surface area contributed by atoms with Gasteiger partial charge in [0.25, 0.3) is 0 Å². The van der Waals surface area contributed by atoms with E-state index >= 15 is 0 Å². The smallest absolute Gasteiger partial charge is 0.0117 e. The van der Waals surface area contributed by atoms with Crippen molar-refractivity contribution in [2.45, 2.75) is 44.9 Å². The average Bonchev–Trinajstić information content (AvgIpc) is 2.09. The first-order valence-corrected chi connectivity index (χ1v) is 6.22. The van der Waals surface area contributed by atoms with Crippen LogP contribution in [0.25, 0.3) is 0 Å². The lowest BCUT2D eigenvalue weighted by molar-refractivity contribution is 0.731. The highest BCUT2D eigenvalue weighted by atomic mass is 79.9. The predicted octanol–water partition coefficient (Wildman–Crippen LogP) is 4.41. The summed E-state index contributed by atoms with van der Waals surface area (Å²) >= 11 is 3.58. The van der Waals surface area contributed by atoms with Gasteiger partial charge in [0.1, 0.15) is 0 Å². The molecule has 14 heavy (non-hydrogen) atoms. The number of hydrogen-bond donors (Lipinski definition) is 0. The topological polar surface area (TPSA) is 0 Å². The molecule has 0 spiro atoms. The molecule has 1 aromatic carbocycles. The van der Waals surface area contributed by atoms with Crippen molar-refractivity contribution < 1.29 is 0 Å². The number of halogens is 1. The van der Waals surface area contributed by atoms with Gasteiger partial charge in [-0.3, -0.25) is 0 Å². The maximum absolute atomic E-state index is 3.58. The second kappa shape index (κ2) is 5.55. The molecule has 0 N–H and O–H groups in total. The van der Waals surface area contributed by atoms with Crippen molar-refractivity contribution in [3.05, 3.63) is 34.9 Å². The third-order valence-corrected chi connectivity index (χ3v) is 3.13. The van der Waals surface area contributed by atoms with E-state index in [1.54, 1.807) is 5.56 Å². The molecule has 0 aliphatic heterocycles. The molecule has 1 heteroatoms. The second-order valence-corrected chi connectivity index (χ2v) is 5.61. The van der Waals surface area contributed by atoms with E-state index in [1.807, 2.05) is 0 Å². The predicted molar refractivity (Wildman–Crippen MR) is 67.2 cm³/mol. The first kappa shape index (κ1) is 11.8. The number of benzene rings is 1. The molecule has 0 nitrogen and oxygen atoms in total. The van der Waals surface area contributed by atoms with Crippen molar-refractivity contribution in [2.24, 2.45) is 0 Å². The van der Waals surface area contributed by atoms with E-state index in [0.717, 1.165) is 0 Å². The molecule has 1 aromatic rings. The van der Waals surface area contributed by atoms with Crippen molar-refractivity contribution in [1.82, 2.24) is 0 Å². The quantitative estimate of drug-likeness (QED) is 0.699. The van der Waals surface area contributed by atoms with Crippen LogP contribution in [0.3, 0.4) is 0 Å². The molecule has 0 heterocycles. The molecule has 0 bridgehead atoms. The summed E-state index contributed by atoms with van der Waals surface area (Å²) in [6.45, 7) is 6.63. The Hall–Kier alpha value is -0.300. The van der Waals surface area contributed by atoms with E-state index < -0.39 is 0 Å². The van der Waals surface area contributed by atoms with Crippen LogP contribution in [-0.4, -0.2) is 4.83 Å². The monoisotopic (exact) mass is 254 g/mol. The summed E-state index contributed by atoms with van der Waals surface area (Å²) < 4.78 is 0. The fourth-order valence-electron chi connectivity index (χ4n) is 1.80. The Labute approximate surface area is 95.9 Å². The summed E-state index contributed by atoms with van der Waals surface area (Å²) in [6.07, 6.45) is 3.75. The van der Waals surface area contributed by atoms with Crippen molar-refractivity contribution in [3.8, 4) is 0 Å². The van der Waals surface area contributed by atoms with Crippen molar-refractivity contribution >= 4 is 15.9 Å². The number of aryl methyl sites for hydroxylation is 2. The van der Waals surface area contributed by atoms with Crippen LogP contribution in [0.4, 0.5) is 0 Å². The fraction of sp³-hybridized carbons (Fsp3) is 0.538. The van der Waals surface area contributed by atoms with Gasteiger partial charge in [-0.15, -0.1) is 0 Å². The summed E-state index contributed by atoms with van der Waals surface area (Å²) in [4.78, 5) is 0.645. The summed E-state index contributed by atoms with van der Waals surface area (Å²) in [5.41, 5.74) is 4.42. The van der Waals surface area contributed by atoms with Gasteiger partial charge in [-0.2, -0.15) is 0 Å². The zero-order valence-electron chi connectivity index (χ0n) is 9.31. The van der Waals surface area contributed by atoms with Gasteiger partial charge >= 0.3 is 0 Å². The molecule has 0 aliphatic carbocycles. The molecule has 1 unspecified atom stereocenters. The Bertz CT molecular complexity index is 269. The zero-order chi connectivity index (χ0) is 10.6. The average molecular weight is 255 g/mol. The minimum atomic E-state index is 0.645. The molecule has 1 rings (SSSR count). The number of rotatable bonds is 4. The fourth-order valence-corrected chi connectivity index (χ4v) is 2.13. The van der Waals surface area contributed by atoms with Gasteiger partial charge in [-0.05, 0) is 49.8 Å². The minimum absolute atomic E-state index is 0.645.